The van der Waals surface area contributed by atoms with Gasteiger partial charge in [0.15, 0.2) is 0 Å². The SMILES string of the molecule is CCCC(=O)OC(C)=O.N#N. The number of esters is 2. The summed E-state index contributed by atoms with van der Waals surface area (Å²) in [5.41, 5.74) is 0. The molecule has 11 heavy (non-hydrogen) atoms. The molecule has 0 rings (SSSR count). The van der Waals surface area contributed by atoms with Crippen LogP contribution in [-0.2, 0) is 14.3 Å². The lowest BCUT2D eigenvalue weighted by Gasteiger charge is -1.94. The van der Waals surface area contributed by atoms with Crippen LogP contribution >= 0.6 is 0 Å². The van der Waals surface area contributed by atoms with Crippen LogP contribution in [0.2, 0.25) is 0 Å². The Morgan fingerprint density at radius 1 is 1.36 bits per heavy atom. The predicted octanol–water partition coefficient (Wildman–Crippen LogP) is 0.906. The van der Waals surface area contributed by atoms with Gasteiger partial charge in [0.1, 0.15) is 0 Å². The van der Waals surface area contributed by atoms with Crippen LogP contribution in [0.25, 0.3) is 0 Å². The molecule has 5 heteroatoms. The second kappa shape index (κ2) is 8.56. The van der Waals surface area contributed by atoms with Gasteiger partial charge in [-0.3, -0.25) is 9.59 Å². The average Bonchev–Trinajstić information content (AvgIpc) is 1.91. The summed E-state index contributed by atoms with van der Waals surface area (Å²) in [6.07, 6.45) is 1.03. The first-order chi connectivity index (χ1) is 5.16. The van der Waals surface area contributed by atoms with Crippen molar-refractivity contribution in [2.45, 2.75) is 26.7 Å². The zero-order chi connectivity index (χ0) is 9.28. The van der Waals surface area contributed by atoms with Crippen molar-refractivity contribution in [3.05, 3.63) is 0 Å². The van der Waals surface area contributed by atoms with Crippen molar-refractivity contribution in [3.63, 3.8) is 0 Å². The summed E-state index contributed by atoms with van der Waals surface area (Å²) in [5.74, 6) is -0.974. The number of hydrogen-bond donors (Lipinski definition) is 0. The Kier molecular flexibility index (Phi) is 9.54. The molecule has 0 radical (unpaired) electrons. The van der Waals surface area contributed by atoms with Crippen LogP contribution in [0, 0.1) is 10.8 Å². The Bertz CT molecular complexity index is 153. The molecule has 0 spiro atoms. The minimum atomic E-state index is -0.534. The van der Waals surface area contributed by atoms with E-state index in [4.69, 9.17) is 10.8 Å². The van der Waals surface area contributed by atoms with Gasteiger partial charge < -0.3 is 4.74 Å². The number of hydrogen-bond acceptors (Lipinski definition) is 5. The van der Waals surface area contributed by atoms with Gasteiger partial charge in [-0.1, -0.05) is 6.92 Å². The molecule has 0 fully saturated rings. The predicted molar refractivity (Wildman–Crippen MR) is 35.1 cm³/mol. The maximum absolute atomic E-state index is 10.4. The molecule has 0 bridgehead atoms. The Hall–Kier alpha value is -1.44. The molecule has 0 N–H and O–H groups in total. The molecular formula is C6H10N2O3. The number of rotatable bonds is 2. The van der Waals surface area contributed by atoms with Crippen LogP contribution in [0.15, 0.2) is 0 Å². The van der Waals surface area contributed by atoms with Gasteiger partial charge in [0.2, 0.25) is 0 Å². The molecule has 0 aliphatic rings. The molecule has 0 unspecified atom stereocenters. The summed E-state index contributed by atoms with van der Waals surface area (Å²) in [7, 11) is 0. The number of ether oxygens (including phenoxy) is 1. The quantitative estimate of drug-likeness (QED) is 0.338. The van der Waals surface area contributed by atoms with Gasteiger partial charge in [-0.05, 0) is 6.42 Å². The van der Waals surface area contributed by atoms with Crippen molar-refractivity contribution in [3.8, 4) is 0 Å². The zero-order valence-electron chi connectivity index (χ0n) is 6.53. The molecule has 5 nitrogen and oxygen atoms in total. The normalized spacial score (nSPS) is 7.27. The van der Waals surface area contributed by atoms with Crippen molar-refractivity contribution in [1.82, 2.24) is 0 Å². The molecule has 0 aliphatic heterocycles. The largest absolute Gasteiger partial charge is 0.393 e. The van der Waals surface area contributed by atoms with Crippen LogP contribution in [0.5, 0.6) is 0 Å². The third-order valence-corrected chi connectivity index (χ3v) is 0.712. The summed E-state index contributed by atoms with van der Waals surface area (Å²) < 4.78 is 4.21. The molecule has 0 saturated carbocycles. The van der Waals surface area contributed by atoms with Crippen molar-refractivity contribution in [2.75, 3.05) is 0 Å². The van der Waals surface area contributed by atoms with E-state index in [0.29, 0.717) is 12.8 Å². The van der Waals surface area contributed by atoms with Gasteiger partial charge in [0.05, 0.1) is 0 Å². The maximum Gasteiger partial charge on any atom is 0.313 e. The first-order valence-electron chi connectivity index (χ1n) is 3.08. The van der Waals surface area contributed by atoms with E-state index in [-0.39, 0.29) is 0 Å². The molecule has 0 saturated heterocycles. The fraction of sp³-hybridized carbons (Fsp3) is 0.667. The lowest BCUT2D eigenvalue weighted by atomic mass is 10.3. The van der Waals surface area contributed by atoms with Gasteiger partial charge in [0.25, 0.3) is 0 Å². The van der Waals surface area contributed by atoms with Gasteiger partial charge in [-0.2, -0.15) is 0 Å². The Balaban J connectivity index is 0. The smallest absolute Gasteiger partial charge is 0.313 e. The molecule has 0 aromatic rings. The van der Waals surface area contributed by atoms with Gasteiger partial charge >= 0.3 is 11.9 Å². The molecule has 0 aliphatic carbocycles. The average molecular weight is 158 g/mol. The molecule has 0 aromatic carbocycles. The Labute approximate surface area is 64.8 Å². The second-order valence-electron chi connectivity index (χ2n) is 1.72. The number of nitrogens with zero attached hydrogens (tertiary/aromatic N) is 2. The van der Waals surface area contributed by atoms with Crippen molar-refractivity contribution in [2.24, 2.45) is 0 Å². The number of carbonyl (C=O) groups excluding carboxylic acids is 2. The van der Waals surface area contributed by atoms with E-state index in [0.717, 1.165) is 0 Å². The van der Waals surface area contributed by atoms with Crippen LogP contribution < -0.4 is 0 Å². The summed E-state index contributed by atoms with van der Waals surface area (Å²) >= 11 is 0. The second-order valence-corrected chi connectivity index (χ2v) is 1.72. The van der Waals surface area contributed by atoms with E-state index < -0.39 is 11.9 Å². The third-order valence-electron chi connectivity index (χ3n) is 0.712. The summed E-state index contributed by atoms with van der Waals surface area (Å²) in [4.78, 5) is 20.5. The first kappa shape index (κ1) is 12.3. The summed E-state index contributed by atoms with van der Waals surface area (Å²) in [6, 6.07) is 0. The van der Waals surface area contributed by atoms with E-state index >= 15 is 0 Å². The molecule has 0 heterocycles. The highest BCUT2D eigenvalue weighted by Gasteiger charge is 2.02. The standard InChI is InChI=1S/C6H10O3.N2/c1-3-4-6(8)9-5(2)7;1-2/h3-4H2,1-2H3;. The third kappa shape index (κ3) is 11.9. The minimum Gasteiger partial charge on any atom is -0.393 e. The fourth-order valence-corrected chi connectivity index (χ4v) is 0.415. The monoisotopic (exact) mass is 158 g/mol. The van der Waals surface area contributed by atoms with Crippen LogP contribution in [0.4, 0.5) is 0 Å². The highest BCUT2D eigenvalue weighted by atomic mass is 16.6. The topological polar surface area (TPSA) is 90.9 Å². The highest BCUT2D eigenvalue weighted by Crippen LogP contribution is 1.90. The first-order valence-corrected chi connectivity index (χ1v) is 3.08. The van der Waals surface area contributed by atoms with E-state index in [1.807, 2.05) is 6.92 Å². The van der Waals surface area contributed by atoms with E-state index in [1.54, 1.807) is 0 Å². The van der Waals surface area contributed by atoms with Gasteiger partial charge in [-0.25, -0.2) is 0 Å². The molecular weight excluding hydrogens is 148 g/mol. The molecule has 62 valence electrons. The van der Waals surface area contributed by atoms with Crippen LogP contribution in [-0.4, -0.2) is 11.9 Å². The van der Waals surface area contributed by atoms with Crippen molar-refractivity contribution >= 4 is 11.9 Å². The number of carbonyl (C=O) groups is 2. The Morgan fingerprint density at radius 3 is 2.09 bits per heavy atom. The van der Waals surface area contributed by atoms with E-state index in [9.17, 15) is 9.59 Å². The van der Waals surface area contributed by atoms with Crippen molar-refractivity contribution in [1.29, 1.82) is 10.8 Å². The lowest BCUT2D eigenvalue weighted by Crippen LogP contribution is -2.07. The fourth-order valence-electron chi connectivity index (χ4n) is 0.415. The molecule has 0 aromatic heterocycles. The maximum atomic E-state index is 10.4. The van der Waals surface area contributed by atoms with Crippen molar-refractivity contribution < 1.29 is 14.3 Å². The summed E-state index contributed by atoms with van der Waals surface area (Å²) in [5, 5.41) is 12.0. The molecule has 0 amide bonds. The molecule has 0 atom stereocenters. The van der Waals surface area contributed by atoms with Gasteiger partial charge in [0, 0.05) is 24.1 Å². The van der Waals surface area contributed by atoms with Crippen LogP contribution in [0.1, 0.15) is 26.7 Å². The van der Waals surface area contributed by atoms with Gasteiger partial charge in [-0.15, -0.1) is 0 Å². The van der Waals surface area contributed by atoms with E-state index in [2.05, 4.69) is 4.74 Å². The summed E-state index contributed by atoms with van der Waals surface area (Å²) in [6.45, 7) is 3.06. The van der Waals surface area contributed by atoms with Crippen LogP contribution in [0.3, 0.4) is 0 Å². The highest BCUT2D eigenvalue weighted by molar-refractivity contribution is 5.83. The lowest BCUT2D eigenvalue weighted by molar-refractivity contribution is -0.158. The van der Waals surface area contributed by atoms with E-state index in [1.165, 1.54) is 6.92 Å². The Morgan fingerprint density at radius 2 is 1.82 bits per heavy atom. The zero-order valence-corrected chi connectivity index (χ0v) is 6.53. The minimum absolute atomic E-state index is 0.319.